The predicted octanol–water partition coefficient (Wildman–Crippen LogP) is 1.27. The molecular formula is C12H13ClN2O3. The molecule has 1 fully saturated rings. The van der Waals surface area contributed by atoms with Crippen molar-refractivity contribution < 1.29 is 14.7 Å². The Morgan fingerprint density at radius 3 is 2.61 bits per heavy atom. The first kappa shape index (κ1) is 12.9. The molecule has 0 spiro atoms. The lowest BCUT2D eigenvalue weighted by molar-refractivity contribution is -0.126. The first-order valence-corrected chi connectivity index (χ1v) is 5.86. The largest absolute Gasteiger partial charge is 0.386 e. The van der Waals surface area contributed by atoms with Crippen molar-refractivity contribution in [3.8, 4) is 0 Å². The summed E-state index contributed by atoms with van der Waals surface area (Å²) in [7, 11) is 1.54. The van der Waals surface area contributed by atoms with Gasteiger partial charge in [0.2, 0.25) is 5.91 Å². The van der Waals surface area contributed by atoms with E-state index in [1.165, 1.54) is 4.90 Å². The van der Waals surface area contributed by atoms with Gasteiger partial charge in [-0.05, 0) is 6.07 Å². The van der Waals surface area contributed by atoms with E-state index in [1.54, 1.807) is 31.3 Å². The quantitative estimate of drug-likeness (QED) is 0.840. The second kappa shape index (κ2) is 4.96. The van der Waals surface area contributed by atoms with Gasteiger partial charge >= 0.3 is 6.03 Å². The Bertz CT molecular complexity index is 492. The third-order valence-corrected chi connectivity index (χ3v) is 3.19. The van der Waals surface area contributed by atoms with Gasteiger partial charge in [0.1, 0.15) is 6.54 Å². The molecule has 0 aromatic heterocycles. The monoisotopic (exact) mass is 268 g/mol. The fourth-order valence-corrected chi connectivity index (χ4v) is 2.13. The number of benzene rings is 1. The van der Waals surface area contributed by atoms with Gasteiger partial charge in [-0.2, -0.15) is 0 Å². The van der Waals surface area contributed by atoms with Crippen LogP contribution in [0.1, 0.15) is 11.7 Å². The topological polar surface area (TPSA) is 60.9 Å². The Morgan fingerprint density at radius 1 is 1.39 bits per heavy atom. The molecule has 2 rings (SSSR count). The van der Waals surface area contributed by atoms with Crippen LogP contribution in [-0.2, 0) is 4.79 Å². The Morgan fingerprint density at radius 2 is 2.06 bits per heavy atom. The highest BCUT2D eigenvalue weighted by Gasteiger charge is 2.35. The maximum atomic E-state index is 11.7. The molecule has 1 aromatic rings. The molecule has 96 valence electrons. The van der Waals surface area contributed by atoms with Crippen LogP contribution in [0.4, 0.5) is 4.79 Å². The molecule has 1 N–H and O–H groups in total. The van der Waals surface area contributed by atoms with Crippen molar-refractivity contribution in [2.24, 2.45) is 0 Å². The summed E-state index contributed by atoms with van der Waals surface area (Å²) in [5, 5.41) is 10.4. The van der Waals surface area contributed by atoms with Crippen LogP contribution >= 0.6 is 11.6 Å². The van der Waals surface area contributed by atoms with Crippen molar-refractivity contribution in [1.82, 2.24) is 9.80 Å². The van der Waals surface area contributed by atoms with Gasteiger partial charge in [-0.25, -0.2) is 4.79 Å². The normalized spacial score (nSPS) is 17.5. The molecule has 0 bridgehead atoms. The molecular weight excluding hydrogens is 256 g/mol. The van der Waals surface area contributed by atoms with Crippen LogP contribution in [0.2, 0.25) is 5.02 Å². The summed E-state index contributed by atoms with van der Waals surface area (Å²) in [6.07, 6.45) is -0.974. The number of imide groups is 1. The Labute approximate surface area is 110 Å². The second-order valence-electron chi connectivity index (χ2n) is 4.18. The first-order chi connectivity index (χ1) is 8.50. The highest BCUT2D eigenvalue weighted by molar-refractivity contribution is 6.31. The third-order valence-electron chi connectivity index (χ3n) is 2.85. The molecule has 0 unspecified atom stereocenters. The van der Waals surface area contributed by atoms with Crippen LogP contribution in [0.5, 0.6) is 0 Å². The van der Waals surface area contributed by atoms with Gasteiger partial charge in [0, 0.05) is 17.6 Å². The smallest absolute Gasteiger partial charge is 0.327 e. The fraction of sp³-hybridized carbons (Fsp3) is 0.333. The predicted molar refractivity (Wildman–Crippen MR) is 66.2 cm³/mol. The van der Waals surface area contributed by atoms with Crippen molar-refractivity contribution in [3.05, 3.63) is 34.9 Å². The van der Waals surface area contributed by atoms with Crippen LogP contribution in [0.15, 0.2) is 24.3 Å². The minimum atomic E-state index is -0.974. The fourth-order valence-electron chi connectivity index (χ4n) is 1.87. The molecule has 1 heterocycles. The van der Waals surface area contributed by atoms with E-state index in [1.807, 2.05) is 0 Å². The summed E-state index contributed by atoms with van der Waals surface area (Å²) in [6.45, 7) is -0.0280. The highest BCUT2D eigenvalue weighted by Crippen LogP contribution is 2.24. The van der Waals surface area contributed by atoms with E-state index in [2.05, 4.69) is 0 Å². The Balaban J connectivity index is 2.13. The maximum absolute atomic E-state index is 11.7. The molecule has 5 nitrogen and oxygen atoms in total. The van der Waals surface area contributed by atoms with Crippen molar-refractivity contribution in [1.29, 1.82) is 0 Å². The first-order valence-electron chi connectivity index (χ1n) is 5.48. The van der Waals surface area contributed by atoms with E-state index in [0.29, 0.717) is 10.6 Å². The lowest BCUT2D eigenvalue weighted by Gasteiger charge is -2.19. The van der Waals surface area contributed by atoms with E-state index >= 15 is 0 Å². The summed E-state index contributed by atoms with van der Waals surface area (Å²) in [4.78, 5) is 25.6. The van der Waals surface area contributed by atoms with E-state index in [0.717, 1.165) is 4.90 Å². The van der Waals surface area contributed by atoms with Crippen molar-refractivity contribution >= 4 is 23.5 Å². The molecule has 6 heteroatoms. The maximum Gasteiger partial charge on any atom is 0.327 e. The molecule has 18 heavy (non-hydrogen) atoms. The van der Waals surface area contributed by atoms with E-state index in [9.17, 15) is 14.7 Å². The lowest BCUT2D eigenvalue weighted by atomic mass is 10.1. The summed E-state index contributed by atoms with van der Waals surface area (Å²) >= 11 is 5.95. The number of aliphatic hydroxyl groups is 1. The molecule has 1 aliphatic heterocycles. The molecule has 1 aromatic carbocycles. The number of rotatable bonds is 3. The molecule has 3 amide bonds. The van der Waals surface area contributed by atoms with Crippen LogP contribution in [0, 0.1) is 0 Å². The van der Waals surface area contributed by atoms with Crippen LogP contribution < -0.4 is 0 Å². The number of nitrogens with zero attached hydrogens (tertiary/aromatic N) is 2. The van der Waals surface area contributed by atoms with Crippen molar-refractivity contribution in [3.63, 3.8) is 0 Å². The number of aliphatic hydroxyl groups excluding tert-OH is 1. The number of likely N-dealkylation sites (N-methyl/N-ethyl adjacent to an activating group) is 1. The summed E-state index contributed by atoms with van der Waals surface area (Å²) in [6, 6.07) is 6.41. The zero-order valence-electron chi connectivity index (χ0n) is 9.84. The number of carbonyl (C=O) groups is 2. The number of β-amino-alcohol motifs (C(OH)–C–C–N with tert-alkyl or cyclic N) is 1. The van der Waals surface area contributed by atoms with Gasteiger partial charge in [-0.1, -0.05) is 29.8 Å². The zero-order valence-corrected chi connectivity index (χ0v) is 10.6. The van der Waals surface area contributed by atoms with Crippen molar-refractivity contribution in [2.75, 3.05) is 20.1 Å². The van der Waals surface area contributed by atoms with E-state index in [-0.39, 0.29) is 19.0 Å². The molecule has 1 saturated heterocycles. The number of amides is 3. The van der Waals surface area contributed by atoms with E-state index in [4.69, 9.17) is 11.6 Å². The third kappa shape index (κ3) is 2.32. The van der Waals surface area contributed by atoms with Crippen LogP contribution in [0.25, 0.3) is 0 Å². The summed E-state index contributed by atoms with van der Waals surface area (Å²) in [5.41, 5.74) is 0.509. The summed E-state index contributed by atoms with van der Waals surface area (Å²) < 4.78 is 0. The highest BCUT2D eigenvalue weighted by atomic mass is 35.5. The average molecular weight is 269 g/mol. The Kier molecular flexibility index (Phi) is 3.54. The molecule has 0 aliphatic carbocycles. The molecule has 0 saturated carbocycles. The van der Waals surface area contributed by atoms with Gasteiger partial charge < -0.3 is 10.0 Å². The van der Waals surface area contributed by atoms with Gasteiger partial charge in [0.05, 0.1) is 12.6 Å². The standard InChI is InChI=1S/C12H13ClN2O3/c1-14-7-11(17)15(12(14)18)6-10(16)8-4-2-3-5-9(8)13/h2-5,10,16H,6-7H2,1H3/t10-/m1/s1. The van der Waals surface area contributed by atoms with Crippen LogP contribution in [-0.4, -0.2) is 47.0 Å². The average Bonchev–Trinajstić information content (AvgIpc) is 2.56. The number of halogens is 1. The lowest BCUT2D eigenvalue weighted by Crippen LogP contribution is -2.35. The Hall–Kier alpha value is -1.59. The minimum absolute atomic E-state index is 0.0497. The second-order valence-corrected chi connectivity index (χ2v) is 4.59. The van der Waals surface area contributed by atoms with E-state index < -0.39 is 12.1 Å². The molecule has 1 atom stereocenters. The number of carbonyl (C=O) groups excluding carboxylic acids is 2. The summed E-state index contributed by atoms with van der Waals surface area (Å²) in [5.74, 6) is -0.311. The van der Waals surface area contributed by atoms with Gasteiger partial charge in [-0.15, -0.1) is 0 Å². The SMILES string of the molecule is CN1CC(=O)N(C[C@@H](O)c2ccccc2Cl)C1=O. The zero-order chi connectivity index (χ0) is 13.3. The number of urea groups is 1. The van der Waals surface area contributed by atoms with Gasteiger partial charge in [0.15, 0.2) is 0 Å². The molecule has 0 radical (unpaired) electrons. The van der Waals surface area contributed by atoms with Crippen molar-refractivity contribution in [2.45, 2.75) is 6.10 Å². The molecule has 1 aliphatic rings. The number of hydrogen-bond donors (Lipinski definition) is 1. The van der Waals surface area contributed by atoms with Gasteiger partial charge in [-0.3, -0.25) is 9.69 Å². The number of hydrogen-bond acceptors (Lipinski definition) is 3. The van der Waals surface area contributed by atoms with Crippen LogP contribution in [0.3, 0.4) is 0 Å². The van der Waals surface area contributed by atoms with Gasteiger partial charge in [0.25, 0.3) is 0 Å². The minimum Gasteiger partial charge on any atom is -0.386 e.